The van der Waals surface area contributed by atoms with Crippen molar-refractivity contribution >= 4 is 33.2 Å². The van der Waals surface area contributed by atoms with Gasteiger partial charge in [0, 0.05) is 40.8 Å². The van der Waals surface area contributed by atoms with Crippen molar-refractivity contribution in [2.45, 2.75) is 12.8 Å². The van der Waals surface area contributed by atoms with Crippen LogP contribution in [0.1, 0.15) is 21.8 Å². The van der Waals surface area contributed by atoms with E-state index in [0.717, 1.165) is 29.1 Å². The van der Waals surface area contributed by atoms with E-state index in [1.807, 2.05) is 17.5 Å². The molecule has 1 N–H and O–H groups in total. The highest BCUT2D eigenvalue weighted by Gasteiger charge is 2.11. The van der Waals surface area contributed by atoms with Crippen LogP contribution < -0.4 is 5.32 Å². The molecule has 7 heteroatoms. The third kappa shape index (κ3) is 4.70. The first-order chi connectivity index (χ1) is 12.1. The van der Waals surface area contributed by atoms with Crippen LogP contribution in [0.2, 0.25) is 0 Å². The summed E-state index contributed by atoms with van der Waals surface area (Å²) in [6, 6.07) is 8.16. The lowest BCUT2D eigenvalue weighted by Crippen LogP contribution is -2.25. The molecule has 4 nitrogen and oxygen atoms in total. The van der Waals surface area contributed by atoms with Gasteiger partial charge >= 0.3 is 0 Å². The molecule has 2 aromatic heterocycles. The zero-order valence-corrected chi connectivity index (χ0v) is 15.6. The number of hydrogen-bond donors (Lipinski definition) is 1. The Hall–Kier alpha value is -2.12. The number of hydrogen-bond acceptors (Lipinski definition) is 4. The van der Waals surface area contributed by atoms with Crippen molar-refractivity contribution in [1.82, 2.24) is 15.3 Å². The Kier molecular flexibility index (Phi) is 5.88. The van der Waals surface area contributed by atoms with E-state index >= 15 is 0 Å². The molecule has 1 amide bonds. The lowest BCUT2D eigenvalue weighted by atomic mass is 10.2. The Balaban J connectivity index is 1.50. The molecule has 0 fully saturated rings. The molecule has 0 aliphatic heterocycles. The van der Waals surface area contributed by atoms with Gasteiger partial charge in [0.25, 0.3) is 5.91 Å². The Morgan fingerprint density at radius 2 is 2.04 bits per heavy atom. The highest BCUT2D eigenvalue weighted by atomic mass is 79.9. The molecule has 0 radical (unpaired) electrons. The smallest absolute Gasteiger partial charge is 0.254 e. The molecule has 3 aromatic rings. The molecule has 0 spiro atoms. The SMILES string of the molecule is O=C(NCCCc1nc(-c2ccncc2)cs1)c1cc(Br)ccc1F. The lowest BCUT2D eigenvalue weighted by molar-refractivity contribution is 0.0949. The van der Waals surface area contributed by atoms with E-state index < -0.39 is 11.7 Å². The Morgan fingerprint density at radius 3 is 2.84 bits per heavy atom. The zero-order chi connectivity index (χ0) is 17.6. The molecule has 0 unspecified atom stereocenters. The van der Waals surface area contributed by atoms with Gasteiger partial charge in [0.15, 0.2) is 0 Å². The van der Waals surface area contributed by atoms with Crippen molar-refractivity contribution in [2.24, 2.45) is 0 Å². The van der Waals surface area contributed by atoms with Gasteiger partial charge in [0.2, 0.25) is 0 Å². The van der Waals surface area contributed by atoms with Gasteiger partial charge in [0.05, 0.1) is 16.3 Å². The Morgan fingerprint density at radius 1 is 1.24 bits per heavy atom. The first kappa shape index (κ1) is 17.7. The van der Waals surface area contributed by atoms with Crippen LogP contribution in [0.25, 0.3) is 11.3 Å². The van der Waals surface area contributed by atoms with Gasteiger partial charge in [-0.3, -0.25) is 9.78 Å². The number of carbonyl (C=O) groups is 1. The maximum atomic E-state index is 13.7. The topological polar surface area (TPSA) is 54.9 Å². The second-order valence-corrected chi connectivity index (χ2v) is 7.20. The fraction of sp³-hybridized carbons (Fsp3) is 0.167. The van der Waals surface area contributed by atoms with Gasteiger partial charge in [-0.05, 0) is 36.8 Å². The van der Waals surface area contributed by atoms with Crippen LogP contribution in [0.3, 0.4) is 0 Å². The van der Waals surface area contributed by atoms with Crippen molar-refractivity contribution < 1.29 is 9.18 Å². The van der Waals surface area contributed by atoms with Crippen LogP contribution in [0, 0.1) is 5.82 Å². The predicted octanol–water partition coefficient (Wildman–Crippen LogP) is 4.47. The maximum Gasteiger partial charge on any atom is 0.254 e. The third-order valence-electron chi connectivity index (χ3n) is 3.55. The van der Waals surface area contributed by atoms with Crippen LogP contribution in [0.15, 0.2) is 52.6 Å². The van der Waals surface area contributed by atoms with Gasteiger partial charge in [0.1, 0.15) is 5.82 Å². The summed E-state index contributed by atoms with van der Waals surface area (Å²) in [4.78, 5) is 20.6. The molecule has 0 atom stereocenters. The van der Waals surface area contributed by atoms with Gasteiger partial charge in [-0.1, -0.05) is 15.9 Å². The summed E-state index contributed by atoms with van der Waals surface area (Å²) in [5.74, 6) is -0.932. The van der Waals surface area contributed by atoms with E-state index in [9.17, 15) is 9.18 Å². The number of amides is 1. The molecule has 0 saturated carbocycles. The molecule has 25 heavy (non-hydrogen) atoms. The van der Waals surface area contributed by atoms with Crippen LogP contribution >= 0.6 is 27.3 Å². The number of aryl methyl sites for hydroxylation is 1. The lowest BCUT2D eigenvalue weighted by Gasteiger charge is -2.06. The number of aromatic nitrogens is 2. The standard InChI is InChI=1S/C18H15BrFN3OS/c19-13-3-4-15(20)14(10-13)18(24)22-7-1-2-17-23-16(11-25-17)12-5-8-21-9-6-12/h3-6,8-11H,1-2,7H2,(H,22,24). The van der Waals surface area contributed by atoms with Crippen molar-refractivity contribution in [2.75, 3.05) is 6.54 Å². The highest BCUT2D eigenvalue weighted by Crippen LogP contribution is 2.21. The van der Waals surface area contributed by atoms with E-state index in [2.05, 4.69) is 31.2 Å². The minimum absolute atomic E-state index is 0.0450. The average Bonchev–Trinajstić information content (AvgIpc) is 3.10. The maximum absolute atomic E-state index is 13.7. The van der Waals surface area contributed by atoms with E-state index in [1.54, 1.807) is 29.8 Å². The summed E-state index contributed by atoms with van der Waals surface area (Å²) < 4.78 is 14.3. The number of halogens is 2. The third-order valence-corrected chi connectivity index (χ3v) is 4.96. The largest absolute Gasteiger partial charge is 0.352 e. The number of nitrogens with zero attached hydrogens (tertiary/aromatic N) is 2. The van der Waals surface area contributed by atoms with Gasteiger partial charge in [-0.25, -0.2) is 9.37 Å². The molecule has 128 valence electrons. The van der Waals surface area contributed by atoms with Crippen LogP contribution in [-0.2, 0) is 6.42 Å². The summed E-state index contributed by atoms with van der Waals surface area (Å²) in [6.45, 7) is 0.467. The molecule has 0 aliphatic carbocycles. The summed E-state index contributed by atoms with van der Waals surface area (Å²) in [7, 11) is 0. The number of benzene rings is 1. The molecule has 1 aromatic carbocycles. The number of thiazole rings is 1. The van der Waals surface area contributed by atoms with Gasteiger partial charge in [-0.2, -0.15) is 0 Å². The van der Waals surface area contributed by atoms with Crippen LogP contribution in [0.5, 0.6) is 0 Å². The first-order valence-electron chi connectivity index (χ1n) is 7.71. The second kappa shape index (κ2) is 8.31. The van der Waals surface area contributed by atoms with Crippen LogP contribution in [-0.4, -0.2) is 22.4 Å². The highest BCUT2D eigenvalue weighted by molar-refractivity contribution is 9.10. The Labute approximate surface area is 157 Å². The summed E-state index contributed by atoms with van der Waals surface area (Å²) in [6.07, 6.45) is 4.98. The number of carbonyl (C=O) groups excluding carboxylic acids is 1. The summed E-state index contributed by atoms with van der Waals surface area (Å²) in [5, 5.41) is 5.77. The Bertz CT molecular complexity index is 870. The van der Waals surface area contributed by atoms with Crippen LogP contribution in [0.4, 0.5) is 4.39 Å². The predicted molar refractivity (Wildman–Crippen MR) is 100 cm³/mol. The number of nitrogens with one attached hydrogen (secondary N) is 1. The van der Waals surface area contributed by atoms with Crippen molar-refractivity contribution in [3.63, 3.8) is 0 Å². The van der Waals surface area contributed by atoms with Crippen molar-refractivity contribution in [1.29, 1.82) is 0 Å². The average molecular weight is 420 g/mol. The first-order valence-corrected chi connectivity index (χ1v) is 9.39. The molecule has 0 bridgehead atoms. The number of rotatable bonds is 6. The van der Waals surface area contributed by atoms with E-state index in [0.29, 0.717) is 11.0 Å². The fourth-order valence-electron chi connectivity index (χ4n) is 2.29. The van der Waals surface area contributed by atoms with Crippen molar-refractivity contribution in [3.05, 3.63) is 69.0 Å². The molecular formula is C18H15BrFN3OS. The molecule has 0 aliphatic rings. The van der Waals surface area contributed by atoms with Crippen molar-refractivity contribution in [3.8, 4) is 11.3 Å². The van der Waals surface area contributed by atoms with E-state index in [4.69, 9.17) is 0 Å². The van der Waals surface area contributed by atoms with E-state index in [-0.39, 0.29) is 5.56 Å². The monoisotopic (exact) mass is 419 g/mol. The van der Waals surface area contributed by atoms with E-state index in [1.165, 1.54) is 12.1 Å². The minimum Gasteiger partial charge on any atom is -0.352 e. The van der Waals surface area contributed by atoms with Gasteiger partial charge in [-0.15, -0.1) is 11.3 Å². The molecule has 0 saturated heterocycles. The minimum atomic E-state index is -0.525. The summed E-state index contributed by atoms with van der Waals surface area (Å²) in [5.41, 5.74) is 2.02. The fourth-order valence-corrected chi connectivity index (χ4v) is 3.50. The van der Waals surface area contributed by atoms with Gasteiger partial charge < -0.3 is 5.32 Å². The quantitative estimate of drug-likeness (QED) is 0.599. The zero-order valence-electron chi connectivity index (χ0n) is 13.2. The molecular weight excluding hydrogens is 405 g/mol. The normalized spacial score (nSPS) is 10.6. The number of pyridine rings is 1. The molecule has 3 rings (SSSR count). The second-order valence-electron chi connectivity index (χ2n) is 5.35. The molecule has 2 heterocycles. The summed E-state index contributed by atoms with van der Waals surface area (Å²) >= 11 is 4.83.